The lowest BCUT2D eigenvalue weighted by molar-refractivity contribution is -0.193. The topological polar surface area (TPSA) is 82.0 Å². The number of carboxylic acids is 1. The van der Waals surface area contributed by atoms with Crippen LogP contribution in [0, 0.1) is 11.3 Å². The number of aliphatic carboxylic acids is 1. The van der Waals surface area contributed by atoms with Crippen LogP contribution >= 0.6 is 0 Å². The Morgan fingerprint density at radius 2 is 1.96 bits per heavy atom. The molecular weight excluding hydrogens is 315 g/mol. The van der Waals surface area contributed by atoms with Crippen molar-refractivity contribution < 1.29 is 27.9 Å². The second kappa shape index (κ2) is 5.38. The minimum absolute atomic E-state index is 0.169. The number of piperidine rings is 1. The molecule has 3 atom stereocenters. The first-order chi connectivity index (χ1) is 10.8. The number of likely N-dealkylation sites (tertiary alicyclic amines) is 1. The molecule has 0 radical (unpaired) electrons. The monoisotopic (exact) mass is 333 g/mol. The Hall–Kier alpha value is -1.80. The Bertz CT molecular complexity index is 547. The van der Waals surface area contributed by atoms with E-state index in [-0.39, 0.29) is 18.2 Å². The second-order valence-corrected chi connectivity index (χ2v) is 6.42. The molecule has 3 rings (SSSR count). The van der Waals surface area contributed by atoms with Crippen molar-refractivity contribution in [1.82, 2.24) is 10.3 Å². The third-order valence-corrected chi connectivity index (χ3v) is 4.92. The van der Waals surface area contributed by atoms with E-state index in [4.69, 9.17) is 0 Å². The normalized spacial score (nSPS) is 34.3. The van der Waals surface area contributed by atoms with Crippen molar-refractivity contribution >= 4 is 18.1 Å². The van der Waals surface area contributed by atoms with Gasteiger partial charge < -0.3 is 10.0 Å². The maximum absolute atomic E-state index is 13.4. The molecule has 3 aliphatic rings. The van der Waals surface area contributed by atoms with Gasteiger partial charge in [0.1, 0.15) is 0 Å². The summed E-state index contributed by atoms with van der Waals surface area (Å²) in [6.07, 6.45) is -1.02. The van der Waals surface area contributed by atoms with Gasteiger partial charge in [0.15, 0.2) is 11.5 Å². The zero-order chi connectivity index (χ0) is 16.8. The summed E-state index contributed by atoms with van der Waals surface area (Å²) in [5, 5.41) is 13.1. The van der Waals surface area contributed by atoms with E-state index in [1.54, 1.807) is 0 Å². The maximum atomic E-state index is 13.4. The van der Waals surface area contributed by atoms with Gasteiger partial charge in [-0.1, -0.05) is 0 Å². The Labute approximate surface area is 130 Å². The van der Waals surface area contributed by atoms with Crippen LogP contribution in [0.4, 0.5) is 13.2 Å². The van der Waals surface area contributed by atoms with Crippen molar-refractivity contribution in [3.8, 4) is 0 Å². The standard InChI is InChI=1S/C14H18F3N3O3/c15-14(16,17)11-13(12(22)23,7-18-19-11)9-3-1-2-6-20(9)10(21)8-4-5-8/h7-9,11,19H,1-6H2,(H,22,23). The molecule has 0 aromatic rings. The van der Waals surface area contributed by atoms with Crippen LogP contribution in [-0.4, -0.2) is 52.9 Å². The fourth-order valence-corrected chi connectivity index (χ4v) is 3.60. The molecule has 23 heavy (non-hydrogen) atoms. The maximum Gasteiger partial charge on any atom is 0.411 e. The second-order valence-electron chi connectivity index (χ2n) is 6.42. The number of amides is 1. The largest absolute Gasteiger partial charge is 0.480 e. The van der Waals surface area contributed by atoms with Crippen LogP contribution in [0.3, 0.4) is 0 Å². The first-order valence-electron chi connectivity index (χ1n) is 7.69. The predicted octanol–water partition coefficient (Wildman–Crippen LogP) is 1.37. The van der Waals surface area contributed by atoms with Crippen LogP contribution < -0.4 is 5.43 Å². The van der Waals surface area contributed by atoms with Gasteiger partial charge in [0, 0.05) is 18.7 Å². The average molecular weight is 333 g/mol. The molecule has 0 aromatic carbocycles. The molecule has 128 valence electrons. The van der Waals surface area contributed by atoms with Crippen molar-refractivity contribution in [2.75, 3.05) is 6.54 Å². The summed E-state index contributed by atoms with van der Waals surface area (Å²) < 4.78 is 40.1. The van der Waals surface area contributed by atoms with Gasteiger partial charge in [-0.15, -0.1) is 0 Å². The molecule has 9 heteroatoms. The van der Waals surface area contributed by atoms with Crippen LogP contribution in [0.5, 0.6) is 0 Å². The molecular formula is C14H18F3N3O3. The number of halogens is 3. The van der Waals surface area contributed by atoms with E-state index in [2.05, 4.69) is 5.10 Å². The average Bonchev–Trinajstić information content (AvgIpc) is 3.22. The number of carbonyl (C=O) groups is 2. The summed E-state index contributed by atoms with van der Waals surface area (Å²) in [5.41, 5.74) is -0.378. The van der Waals surface area contributed by atoms with Crippen molar-refractivity contribution in [3.63, 3.8) is 0 Å². The first-order valence-corrected chi connectivity index (χ1v) is 7.69. The summed E-state index contributed by atoms with van der Waals surface area (Å²) in [6, 6.07) is -3.36. The summed E-state index contributed by atoms with van der Waals surface area (Å²) in [5.74, 6) is -2.00. The molecule has 1 aliphatic carbocycles. The van der Waals surface area contributed by atoms with Gasteiger partial charge in [0.25, 0.3) is 0 Å². The van der Waals surface area contributed by atoms with Gasteiger partial charge in [-0.3, -0.25) is 15.0 Å². The Morgan fingerprint density at radius 1 is 1.26 bits per heavy atom. The molecule has 2 heterocycles. The molecule has 0 spiro atoms. The van der Waals surface area contributed by atoms with E-state index in [1.165, 1.54) is 4.90 Å². The number of hydrogen-bond acceptors (Lipinski definition) is 4. The smallest absolute Gasteiger partial charge is 0.411 e. The number of nitrogens with zero attached hydrogens (tertiary/aromatic N) is 2. The van der Waals surface area contributed by atoms with Crippen molar-refractivity contribution in [2.24, 2.45) is 16.4 Å². The lowest BCUT2D eigenvalue weighted by atomic mass is 9.71. The van der Waals surface area contributed by atoms with Gasteiger partial charge in [-0.25, -0.2) is 0 Å². The Balaban J connectivity index is 1.99. The van der Waals surface area contributed by atoms with E-state index in [9.17, 15) is 27.9 Å². The molecule has 1 amide bonds. The van der Waals surface area contributed by atoms with Gasteiger partial charge in [0.05, 0.1) is 6.04 Å². The predicted molar refractivity (Wildman–Crippen MR) is 73.6 cm³/mol. The summed E-state index contributed by atoms with van der Waals surface area (Å²) in [6.45, 7) is 0.299. The molecule has 2 aliphatic heterocycles. The Morgan fingerprint density at radius 3 is 2.52 bits per heavy atom. The number of hydrogen-bond donors (Lipinski definition) is 2. The molecule has 6 nitrogen and oxygen atoms in total. The SMILES string of the molecule is O=C(C1CC1)N1CCCCC1C1(C(=O)O)C=NNC1C(F)(F)F. The number of rotatable bonds is 3. The van der Waals surface area contributed by atoms with Gasteiger partial charge in [-0.05, 0) is 32.1 Å². The highest BCUT2D eigenvalue weighted by atomic mass is 19.4. The number of nitrogens with one attached hydrogen (secondary N) is 1. The third kappa shape index (κ3) is 2.55. The highest BCUT2D eigenvalue weighted by Gasteiger charge is 2.65. The molecule has 2 N–H and O–H groups in total. The van der Waals surface area contributed by atoms with E-state index in [0.29, 0.717) is 19.4 Å². The van der Waals surface area contributed by atoms with Gasteiger partial charge in [-0.2, -0.15) is 18.3 Å². The van der Waals surface area contributed by atoms with Gasteiger partial charge in [0.2, 0.25) is 5.91 Å². The van der Waals surface area contributed by atoms with Crippen LogP contribution in [0.1, 0.15) is 32.1 Å². The highest BCUT2D eigenvalue weighted by Crippen LogP contribution is 2.44. The summed E-state index contributed by atoms with van der Waals surface area (Å²) in [4.78, 5) is 25.7. The van der Waals surface area contributed by atoms with Crippen LogP contribution in [0.2, 0.25) is 0 Å². The zero-order valence-corrected chi connectivity index (χ0v) is 12.3. The molecule has 0 bridgehead atoms. The van der Waals surface area contributed by atoms with E-state index >= 15 is 0 Å². The lowest BCUT2D eigenvalue weighted by Gasteiger charge is -2.45. The van der Waals surface area contributed by atoms with Crippen LogP contribution in [0.25, 0.3) is 0 Å². The minimum Gasteiger partial charge on any atom is -0.480 e. The molecule has 3 unspecified atom stereocenters. The van der Waals surface area contributed by atoms with E-state index < -0.39 is 29.6 Å². The summed E-state index contributed by atoms with van der Waals surface area (Å²) in [7, 11) is 0. The minimum atomic E-state index is -4.78. The number of carboxylic acid groups (broad SMARTS) is 1. The van der Waals surface area contributed by atoms with Crippen molar-refractivity contribution in [3.05, 3.63) is 0 Å². The van der Waals surface area contributed by atoms with E-state index in [0.717, 1.165) is 19.1 Å². The quantitative estimate of drug-likeness (QED) is 0.817. The molecule has 1 saturated heterocycles. The summed E-state index contributed by atoms with van der Waals surface area (Å²) >= 11 is 0. The highest BCUT2D eigenvalue weighted by molar-refractivity contribution is 5.98. The fraction of sp³-hybridized carbons (Fsp3) is 0.786. The van der Waals surface area contributed by atoms with Crippen molar-refractivity contribution in [2.45, 2.75) is 50.4 Å². The van der Waals surface area contributed by atoms with Gasteiger partial charge >= 0.3 is 12.1 Å². The number of carbonyl (C=O) groups excluding carboxylic acids is 1. The number of alkyl halides is 3. The zero-order valence-electron chi connectivity index (χ0n) is 12.3. The number of hydrazone groups is 1. The molecule has 1 saturated carbocycles. The third-order valence-electron chi connectivity index (χ3n) is 4.92. The Kier molecular flexibility index (Phi) is 3.76. The van der Waals surface area contributed by atoms with Crippen molar-refractivity contribution in [1.29, 1.82) is 0 Å². The fourth-order valence-electron chi connectivity index (χ4n) is 3.60. The van der Waals surface area contributed by atoms with E-state index in [1.807, 2.05) is 5.43 Å². The molecule has 2 fully saturated rings. The van der Waals surface area contributed by atoms with Crippen LogP contribution in [0.15, 0.2) is 5.10 Å². The first kappa shape index (κ1) is 16.1. The van der Waals surface area contributed by atoms with Crippen LogP contribution in [-0.2, 0) is 9.59 Å². The lowest BCUT2D eigenvalue weighted by Crippen LogP contribution is -2.65. The molecule has 0 aromatic heterocycles.